The van der Waals surface area contributed by atoms with Crippen LogP contribution >= 0.6 is 12.4 Å². The maximum absolute atomic E-state index is 13.9. The average Bonchev–Trinajstić information content (AvgIpc) is 3.02. The molecule has 0 spiro atoms. The Labute approximate surface area is 164 Å². The molecule has 0 aliphatic carbocycles. The van der Waals surface area contributed by atoms with Crippen molar-refractivity contribution in [3.8, 4) is 0 Å². The zero-order chi connectivity index (χ0) is 18.1. The van der Waals surface area contributed by atoms with E-state index in [4.69, 9.17) is 0 Å². The Kier molecular flexibility index (Phi) is 5.89. The minimum absolute atomic E-state index is 0. The fourth-order valence-corrected chi connectivity index (χ4v) is 5.12. The summed E-state index contributed by atoms with van der Waals surface area (Å²) in [4.78, 5) is 0.231. The Morgan fingerprint density at radius 1 is 1.07 bits per heavy atom. The SMILES string of the molecule is Cl.O=S(=O)(c1ccccc1)n1cc(CC2CCNCC2)c2cc(F)ccc21. The summed E-state index contributed by atoms with van der Waals surface area (Å²) < 4.78 is 41.3. The average molecular weight is 409 g/mol. The van der Waals surface area contributed by atoms with Crippen molar-refractivity contribution < 1.29 is 12.8 Å². The molecule has 1 aromatic heterocycles. The second kappa shape index (κ2) is 8.00. The summed E-state index contributed by atoms with van der Waals surface area (Å²) in [6.07, 6.45) is 4.54. The first-order chi connectivity index (χ1) is 12.6. The number of benzene rings is 2. The Morgan fingerprint density at radius 3 is 2.48 bits per heavy atom. The maximum Gasteiger partial charge on any atom is 0.268 e. The van der Waals surface area contributed by atoms with Crippen molar-refractivity contribution in [2.75, 3.05) is 13.1 Å². The molecule has 1 aliphatic rings. The summed E-state index contributed by atoms with van der Waals surface area (Å²) in [6, 6.07) is 12.7. The van der Waals surface area contributed by atoms with Gasteiger partial charge in [-0.3, -0.25) is 0 Å². The Bertz CT molecular complexity index is 1030. The third-order valence-electron chi connectivity index (χ3n) is 5.08. The maximum atomic E-state index is 13.9. The quantitative estimate of drug-likeness (QED) is 0.710. The van der Waals surface area contributed by atoms with E-state index in [0.717, 1.165) is 37.9 Å². The van der Waals surface area contributed by atoms with Crippen LogP contribution < -0.4 is 5.32 Å². The summed E-state index contributed by atoms with van der Waals surface area (Å²) >= 11 is 0. The van der Waals surface area contributed by atoms with Crippen LogP contribution in [0.1, 0.15) is 18.4 Å². The van der Waals surface area contributed by atoms with Gasteiger partial charge in [-0.25, -0.2) is 16.8 Å². The molecule has 2 aromatic carbocycles. The lowest BCUT2D eigenvalue weighted by Gasteiger charge is -2.22. The van der Waals surface area contributed by atoms with Gasteiger partial charge in [0, 0.05) is 11.6 Å². The van der Waals surface area contributed by atoms with Crippen LogP contribution in [0.15, 0.2) is 59.6 Å². The summed E-state index contributed by atoms with van der Waals surface area (Å²) in [6.45, 7) is 1.94. The molecule has 1 aliphatic heterocycles. The largest absolute Gasteiger partial charge is 0.317 e. The standard InChI is InChI=1S/C20H21FN2O2S.ClH/c21-17-6-7-20-19(13-17)16(12-15-8-10-22-11-9-15)14-23(20)26(24,25)18-4-2-1-3-5-18;/h1-7,13-15,22H,8-12H2;1H. The summed E-state index contributed by atoms with van der Waals surface area (Å²) in [7, 11) is -3.72. The fourth-order valence-electron chi connectivity index (χ4n) is 3.70. The highest BCUT2D eigenvalue weighted by Gasteiger charge is 2.23. The molecular formula is C20H22ClFN2O2S. The van der Waals surface area contributed by atoms with Crippen LogP contribution in [0.2, 0.25) is 0 Å². The molecule has 2 heterocycles. The third-order valence-corrected chi connectivity index (χ3v) is 6.77. The second-order valence-corrected chi connectivity index (χ2v) is 8.64. The van der Waals surface area contributed by atoms with Crippen molar-refractivity contribution in [1.29, 1.82) is 0 Å². The van der Waals surface area contributed by atoms with E-state index in [1.807, 2.05) is 0 Å². The summed E-state index contributed by atoms with van der Waals surface area (Å²) in [5, 5.41) is 4.02. The fraction of sp³-hybridized carbons (Fsp3) is 0.300. The molecule has 27 heavy (non-hydrogen) atoms. The zero-order valence-corrected chi connectivity index (χ0v) is 16.4. The lowest BCUT2D eigenvalue weighted by molar-refractivity contribution is 0.373. The van der Waals surface area contributed by atoms with E-state index < -0.39 is 10.0 Å². The molecule has 0 atom stereocenters. The lowest BCUT2D eigenvalue weighted by Crippen LogP contribution is -2.28. The van der Waals surface area contributed by atoms with Crippen LogP contribution in [0.4, 0.5) is 4.39 Å². The van der Waals surface area contributed by atoms with Crippen LogP contribution in [0.3, 0.4) is 0 Å². The molecule has 0 bridgehead atoms. The van der Waals surface area contributed by atoms with E-state index in [-0.39, 0.29) is 23.1 Å². The van der Waals surface area contributed by atoms with Gasteiger partial charge in [0.05, 0.1) is 10.4 Å². The molecule has 0 saturated carbocycles. The van der Waals surface area contributed by atoms with Gasteiger partial charge in [-0.1, -0.05) is 18.2 Å². The Hall–Kier alpha value is -1.89. The minimum atomic E-state index is -3.72. The predicted octanol–water partition coefficient (Wildman–Crippen LogP) is 3.98. The molecule has 4 nitrogen and oxygen atoms in total. The Balaban J connectivity index is 0.00000210. The van der Waals surface area contributed by atoms with Crippen molar-refractivity contribution in [2.24, 2.45) is 5.92 Å². The number of fused-ring (bicyclic) bond motifs is 1. The van der Waals surface area contributed by atoms with Crippen LogP contribution in [0.5, 0.6) is 0 Å². The van der Waals surface area contributed by atoms with Gasteiger partial charge in [-0.15, -0.1) is 12.4 Å². The lowest BCUT2D eigenvalue weighted by atomic mass is 9.91. The van der Waals surface area contributed by atoms with Crippen molar-refractivity contribution >= 4 is 33.3 Å². The molecule has 3 aromatic rings. The first-order valence-electron chi connectivity index (χ1n) is 8.86. The number of nitrogens with zero attached hydrogens (tertiary/aromatic N) is 1. The molecule has 1 fully saturated rings. The van der Waals surface area contributed by atoms with Gasteiger partial charge in [-0.05, 0) is 74.2 Å². The van der Waals surface area contributed by atoms with Gasteiger partial charge < -0.3 is 5.32 Å². The molecule has 4 rings (SSSR count). The zero-order valence-electron chi connectivity index (χ0n) is 14.8. The monoisotopic (exact) mass is 408 g/mol. The molecule has 144 valence electrons. The highest BCUT2D eigenvalue weighted by Crippen LogP contribution is 2.30. The molecule has 1 saturated heterocycles. The van der Waals surface area contributed by atoms with E-state index >= 15 is 0 Å². The van der Waals surface area contributed by atoms with E-state index in [0.29, 0.717) is 16.8 Å². The van der Waals surface area contributed by atoms with Gasteiger partial charge in [0.1, 0.15) is 5.82 Å². The third kappa shape index (κ3) is 3.88. The van der Waals surface area contributed by atoms with Crippen molar-refractivity contribution in [3.05, 3.63) is 66.1 Å². The van der Waals surface area contributed by atoms with Crippen LogP contribution in [0.25, 0.3) is 10.9 Å². The van der Waals surface area contributed by atoms with Crippen LogP contribution in [-0.2, 0) is 16.4 Å². The van der Waals surface area contributed by atoms with E-state index in [1.165, 1.54) is 16.1 Å². The van der Waals surface area contributed by atoms with Crippen molar-refractivity contribution in [1.82, 2.24) is 9.29 Å². The number of nitrogens with one attached hydrogen (secondary N) is 1. The van der Waals surface area contributed by atoms with E-state index in [1.54, 1.807) is 42.6 Å². The second-order valence-electron chi connectivity index (χ2n) is 6.83. The number of piperidine rings is 1. The number of rotatable bonds is 4. The Morgan fingerprint density at radius 2 is 1.78 bits per heavy atom. The molecule has 0 unspecified atom stereocenters. The number of halogens is 2. The van der Waals surface area contributed by atoms with Gasteiger partial charge in [0.25, 0.3) is 10.0 Å². The van der Waals surface area contributed by atoms with Gasteiger partial charge in [0.2, 0.25) is 0 Å². The highest BCUT2D eigenvalue weighted by atomic mass is 35.5. The number of hydrogen-bond donors (Lipinski definition) is 1. The predicted molar refractivity (Wildman–Crippen MR) is 107 cm³/mol. The van der Waals surface area contributed by atoms with Gasteiger partial charge in [-0.2, -0.15) is 0 Å². The van der Waals surface area contributed by atoms with E-state index in [2.05, 4.69) is 5.32 Å². The minimum Gasteiger partial charge on any atom is -0.317 e. The first-order valence-corrected chi connectivity index (χ1v) is 10.3. The smallest absolute Gasteiger partial charge is 0.268 e. The molecular weight excluding hydrogens is 387 g/mol. The highest BCUT2D eigenvalue weighted by molar-refractivity contribution is 7.90. The molecule has 0 amide bonds. The van der Waals surface area contributed by atoms with Crippen LogP contribution in [0, 0.1) is 11.7 Å². The molecule has 1 N–H and O–H groups in total. The summed E-state index contributed by atoms with van der Waals surface area (Å²) in [5.74, 6) is 0.136. The van der Waals surface area contributed by atoms with Crippen molar-refractivity contribution in [3.63, 3.8) is 0 Å². The summed E-state index contributed by atoms with van der Waals surface area (Å²) in [5.41, 5.74) is 1.42. The molecule has 0 radical (unpaired) electrons. The van der Waals surface area contributed by atoms with Crippen molar-refractivity contribution in [2.45, 2.75) is 24.2 Å². The molecule has 7 heteroatoms. The van der Waals surface area contributed by atoms with Crippen LogP contribution in [-0.4, -0.2) is 25.5 Å². The van der Waals surface area contributed by atoms with Gasteiger partial charge in [0.15, 0.2) is 0 Å². The first kappa shape index (κ1) is 19.9. The topological polar surface area (TPSA) is 51.1 Å². The van der Waals surface area contributed by atoms with Gasteiger partial charge >= 0.3 is 0 Å². The van der Waals surface area contributed by atoms with E-state index in [9.17, 15) is 12.8 Å². The number of aromatic nitrogens is 1. The number of hydrogen-bond acceptors (Lipinski definition) is 3. The normalized spacial score (nSPS) is 15.6.